The third-order valence-electron chi connectivity index (χ3n) is 7.36. The Morgan fingerprint density at radius 3 is 2.84 bits per heavy atom. The number of urea groups is 1. The summed E-state index contributed by atoms with van der Waals surface area (Å²) in [5, 5.41) is 15.5. The monoisotopic (exact) mass is 534 g/mol. The lowest BCUT2D eigenvalue weighted by atomic mass is 10.0. The van der Waals surface area contributed by atoms with E-state index in [0.29, 0.717) is 55.1 Å². The molecule has 1 saturated heterocycles. The number of hydrogen-bond donors (Lipinski definition) is 2. The molecule has 0 bridgehead atoms. The molecule has 2 aromatic rings. The van der Waals surface area contributed by atoms with Gasteiger partial charge in [-0.2, -0.15) is 17.0 Å². The first-order valence-electron chi connectivity index (χ1n) is 13.2. The third kappa shape index (κ3) is 5.87. The van der Waals surface area contributed by atoms with Crippen LogP contribution in [0.15, 0.2) is 18.3 Å². The molecule has 1 saturated carbocycles. The summed E-state index contributed by atoms with van der Waals surface area (Å²) in [4.78, 5) is 41.1. The summed E-state index contributed by atoms with van der Waals surface area (Å²) in [6, 6.07) is 6.26. The Hall–Kier alpha value is -3.36. The maximum atomic E-state index is 13.3. The van der Waals surface area contributed by atoms with E-state index in [1.807, 2.05) is 18.1 Å². The summed E-state index contributed by atoms with van der Waals surface area (Å²) in [5.74, 6) is 2.12. The standard InChI is InChI=1S/C27H34N8O2S/c1-18-20(16-34-10-9-33(17-25(34)36)22-5-6-22)12-19-4-3-8-35(26(19)31-18)27(37)32-24-13-23(29-7-11-38-2)21(14-28)15-30-24/h12-13,15,22H,3-11,16-17H2,1-2H3,(H2,29,30,32,37). The number of piperazine rings is 1. The highest BCUT2D eigenvalue weighted by Crippen LogP contribution is 2.30. The average molecular weight is 535 g/mol. The highest BCUT2D eigenvalue weighted by Gasteiger charge is 2.35. The van der Waals surface area contributed by atoms with Crippen molar-refractivity contribution in [3.8, 4) is 6.07 Å². The number of nitriles is 1. The Labute approximate surface area is 227 Å². The van der Waals surface area contributed by atoms with E-state index in [-0.39, 0.29) is 11.9 Å². The lowest BCUT2D eigenvalue weighted by Gasteiger charge is -2.35. The predicted octanol–water partition coefficient (Wildman–Crippen LogP) is 3.22. The van der Waals surface area contributed by atoms with Gasteiger partial charge in [0.15, 0.2) is 0 Å². The van der Waals surface area contributed by atoms with Gasteiger partial charge in [-0.25, -0.2) is 14.8 Å². The van der Waals surface area contributed by atoms with Gasteiger partial charge in [-0.05, 0) is 56.1 Å². The van der Waals surface area contributed by atoms with Crippen molar-refractivity contribution in [1.29, 1.82) is 5.26 Å². The van der Waals surface area contributed by atoms with Crippen LogP contribution in [0.5, 0.6) is 0 Å². The van der Waals surface area contributed by atoms with Crippen molar-refractivity contribution in [3.05, 3.63) is 40.7 Å². The second-order valence-electron chi connectivity index (χ2n) is 10.1. The summed E-state index contributed by atoms with van der Waals surface area (Å²) in [7, 11) is 0. The highest BCUT2D eigenvalue weighted by atomic mass is 32.2. The minimum atomic E-state index is -0.302. The van der Waals surface area contributed by atoms with E-state index < -0.39 is 0 Å². The topological polar surface area (TPSA) is 117 Å². The molecule has 4 heterocycles. The normalized spacial score (nSPS) is 17.7. The molecule has 10 nitrogen and oxygen atoms in total. The number of rotatable bonds is 8. The number of nitrogens with zero attached hydrogens (tertiary/aromatic N) is 6. The van der Waals surface area contributed by atoms with Gasteiger partial charge < -0.3 is 10.2 Å². The fourth-order valence-corrected chi connectivity index (χ4v) is 5.37. The first kappa shape index (κ1) is 26.3. The number of pyridine rings is 2. The molecule has 200 valence electrons. The molecule has 0 spiro atoms. The second kappa shape index (κ2) is 11.6. The van der Waals surface area contributed by atoms with Crippen LogP contribution in [0, 0.1) is 18.3 Å². The second-order valence-corrected chi connectivity index (χ2v) is 11.1. The number of aryl methyl sites for hydroxylation is 2. The summed E-state index contributed by atoms with van der Waals surface area (Å²) < 4.78 is 0. The molecular formula is C27H34N8O2S. The van der Waals surface area contributed by atoms with E-state index in [0.717, 1.165) is 48.5 Å². The van der Waals surface area contributed by atoms with Gasteiger partial charge in [-0.1, -0.05) is 0 Å². The number of amides is 3. The van der Waals surface area contributed by atoms with Gasteiger partial charge >= 0.3 is 6.03 Å². The number of hydrogen-bond acceptors (Lipinski definition) is 8. The van der Waals surface area contributed by atoms with Gasteiger partial charge in [0.25, 0.3) is 0 Å². The molecule has 0 radical (unpaired) electrons. The van der Waals surface area contributed by atoms with Crippen LogP contribution in [0.4, 0.5) is 22.1 Å². The molecule has 38 heavy (non-hydrogen) atoms. The first-order valence-corrected chi connectivity index (χ1v) is 14.6. The van der Waals surface area contributed by atoms with Gasteiger partial charge in [0.1, 0.15) is 17.7 Å². The number of aromatic nitrogens is 2. The molecule has 3 aliphatic rings. The summed E-state index contributed by atoms with van der Waals surface area (Å²) in [6.07, 6.45) is 7.58. The first-order chi connectivity index (χ1) is 18.5. The van der Waals surface area contributed by atoms with Crippen LogP contribution in [-0.4, -0.2) is 82.5 Å². The van der Waals surface area contributed by atoms with Crippen molar-refractivity contribution in [2.75, 3.05) is 60.3 Å². The molecule has 3 amide bonds. The molecule has 2 aliphatic heterocycles. The van der Waals surface area contributed by atoms with Crippen molar-refractivity contribution in [2.24, 2.45) is 0 Å². The molecule has 11 heteroatoms. The number of thioether (sulfide) groups is 1. The maximum Gasteiger partial charge on any atom is 0.328 e. The molecule has 2 fully saturated rings. The highest BCUT2D eigenvalue weighted by molar-refractivity contribution is 7.98. The lowest BCUT2D eigenvalue weighted by Crippen LogP contribution is -2.50. The van der Waals surface area contributed by atoms with E-state index in [1.165, 1.54) is 19.0 Å². The average Bonchev–Trinajstić information content (AvgIpc) is 3.76. The number of nitrogens with one attached hydrogen (secondary N) is 2. The van der Waals surface area contributed by atoms with Crippen LogP contribution < -0.4 is 15.5 Å². The van der Waals surface area contributed by atoms with Gasteiger partial charge in [0.2, 0.25) is 5.91 Å². The van der Waals surface area contributed by atoms with Crippen molar-refractivity contribution >= 4 is 41.0 Å². The minimum Gasteiger partial charge on any atom is -0.383 e. The number of anilines is 3. The molecule has 2 N–H and O–H groups in total. The van der Waals surface area contributed by atoms with Crippen LogP contribution in [0.1, 0.15) is 41.6 Å². The minimum absolute atomic E-state index is 0.179. The van der Waals surface area contributed by atoms with Gasteiger partial charge in [0.05, 0.1) is 17.8 Å². The fraction of sp³-hybridized carbons (Fsp3) is 0.519. The number of carbonyl (C=O) groups is 2. The van der Waals surface area contributed by atoms with Gasteiger partial charge in [-0.15, -0.1) is 0 Å². The molecule has 1 aliphatic carbocycles. The van der Waals surface area contributed by atoms with Crippen LogP contribution in [-0.2, 0) is 17.8 Å². The number of fused-ring (bicyclic) bond motifs is 1. The van der Waals surface area contributed by atoms with E-state index in [9.17, 15) is 14.9 Å². The van der Waals surface area contributed by atoms with Crippen molar-refractivity contribution in [2.45, 2.75) is 45.2 Å². The summed E-state index contributed by atoms with van der Waals surface area (Å²) in [5.41, 5.74) is 3.97. The molecule has 0 unspecified atom stereocenters. The number of carbonyl (C=O) groups excluding carboxylic acids is 2. The Kier molecular flexibility index (Phi) is 8.00. The molecular weight excluding hydrogens is 500 g/mol. The van der Waals surface area contributed by atoms with Crippen molar-refractivity contribution in [1.82, 2.24) is 19.8 Å². The smallest absolute Gasteiger partial charge is 0.328 e. The molecule has 5 rings (SSSR count). The maximum absolute atomic E-state index is 13.3. The predicted molar refractivity (Wildman–Crippen MR) is 149 cm³/mol. The van der Waals surface area contributed by atoms with Crippen LogP contribution in [0.3, 0.4) is 0 Å². The fourth-order valence-electron chi connectivity index (χ4n) is 5.07. The van der Waals surface area contributed by atoms with E-state index >= 15 is 0 Å². The summed E-state index contributed by atoms with van der Waals surface area (Å²) >= 11 is 1.71. The zero-order chi connectivity index (χ0) is 26.6. The van der Waals surface area contributed by atoms with E-state index in [2.05, 4.69) is 32.7 Å². The molecule has 0 aromatic carbocycles. The van der Waals surface area contributed by atoms with Crippen LogP contribution in [0.2, 0.25) is 0 Å². The Balaban J connectivity index is 1.28. The summed E-state index contributed by atoms with van der Waals surface area (Å²) in [6.45, 7) is 5.94. The Morgan fingerprint density at radius 2 is 2.11 bits per heavy atom. The molecule has 0 atom stereocenters. The molecule has 2 aromatic heterocycles. The van der Waals surface area contributed by atoms with Crippen molar-refractivity contribution < 1.29 is 9.59 Å². The Bertz CT molecular complexity index is 1260. The Morgan fingerprint density at radius 1 is 1.26 bits per heavy atom. The zero-order valence-electron chi connectivity index (χ0n) is 22.0. The van der Waals surface area contributed by atoms with Gasteiger partial charge in [-0.3, -0.25) is 19.9 Å². The van der Waals surface area contributed by atoms with Crippen LogP contribution >= 0.6 is 11.8 Å². The van der Waals surface area contributed by atoms with Crippen LogP contribution in [0.25, 0.3) is 0 Å². The van der Waals surface area contributed by atoms with E-state index in [4.69, 9.17) is 4.98 Å². The third-order valence-corrected chi connectivity index (χ3v) is 7.97. The van der Waals surface area contributed by atoms with E-state index in [1.54, 1.807) is 22.7 Å². The quantitative estimate of drug-likeness (QED) is 0.496. The SMILES string of the molecule is CSCCNc1cc(NC(=O)N2CCCc3cc(CN4CCN(C5CC5)CC4=O)c(C)nc32)ncc1C#N. The lowest BCUT2D eigenvalue weighted by molar-refractivity contribution is -0.136. The van der Waals surface area contributed by atoms with Crippen molar-refractivity contribution in [3.63, 3.8) is 0 Å². The van der Waals surface area contributed by atoms with Gasteiger partial charge in [0, 0.05) is 62.5 Å². The largest absolute Gasteiger partial charge is 0.383 e. The zero-order valence-corrected chi connectivity index (χ0v) is 22.8.